The summed E-state index contributed by atoms with van der Waals surface area (Å²) in [5, 5.41) is 3.58. The Balaban J connectivity index is 1.90. The molecule has 0 amide bonds. The van der Waals surface area contributed by atoms with Gasteiger partial charge in [0, 0.05) is 24.8 Å². The summed E-state index contributed by atoms with van der Waals surface area (Å²) in [5.41, 5.74) is 1.89. The summed E-state index contributed by atoms with van der Waals surface area (Å²) in [4.78, 5) is 2.36. The fourth-order valence-electron chi connectivity index (χ4n) is 2.52. The number of nitrogens with zero attached hydrogens (tertiary/aromatic N) is 1. The molecule has 1 heterocycles. The zero-order valence-corrected chi connectivity index (χ0v) is 11.4. The van der Waals surface area contributed by atoms with Gasteiger partial charge in [0.05, 0.1) is 0 Å². The Morgan fingerprint density at radius 1 is 1.33 bits per heavy atom. The lowest BCUT2D eigenvalue weighted by Crippen LogP contribution is -2.42. The summed E-state index contributed by atoms with van der Waals surface area (Å²) >= 11 is 0. The SMILES string of the molecule is CCCNC1CCN(c2ccc(F)c(C)c2)CC1. The maximum atomic E-state index is 13.2. The largest absolute Gasteiger partial charge is 0.371 e. The number of piperidine rings is 1. The molecule has 0 bridgehead atoms. The molecule has 100 valence electrons. The van der Waals surface area contributed by atoms with Gasteiger partial charge in [-0.05, 0) is 56.5 Å². The Morgan fingerprint density at radius 3 is 2.67 bits per heavy atom. The van der Waals surface area contributed by atoms with Gasteiger partial charge in [-0.25, -0.2) is 4.39 Å². The van der Waals surface area contributed by atoms with Crippen LogP contribution in [0.3, 0.4) is 0 Å². The topological polar surface area (TPSA) is 15.3 Å². The summed E-state index contributed by atoms with van der Waals surface area (Å²) < 4.78 is 13.2. The van der Waals surface area contributed by atoms with Gasteiger partial charge in [0.15, 0.2) is 0 Å². The van der Waals surface area contributed by atoms with Crippen molar-refractivity contribution in [3.8, 4) is 0 Å². The van der Waals surface area contributed by atoms with Crippen LogP contribution < -0.4 is 10.2 Å². The minimum atomic E-state index is -0.113. The highest BCUT2D eigenvalue weighted by Gasteiger charge is 2.18. The number of anilines is 1. The molecule has 0 atom stereocenters. The minimum Gasteiger partial charge on any atom is -0.371 e. The van der Waals surface area contributed by atoms with Crippen molar-refractivity contribution in [3.63, 3.8) is 0 Å². The fraction of sp³-hybridized carbons (Fsp3) is 0.600. The molecule has 0 unspecified atom stereocenters. The van der Waals surface area contributed by atoms with Crippen LogP contribution in [-0.2, 0) is 0 Å². The van der Waals surface area contributed by atoms with Crippen molar-refractivity contribution < 1.29 is 4.39 Å². The molecule has 2 nitrogen and oxygen atoms in total. The number of hydrogen-bond donors (Lipinski definition) is 1. The molecule has 3 heteroatoms. The minimum absolute atomic E-state index is 0.113. The van der Waals surface area contributed by atoms with Crippen LogP contribution in [0.25, 0.3) is 0 Å². The van der Waals surface area contributed by atoms with E-state index >= 15 is 0 Å². The van der Waals surface area contributed by atoms with E-state index in [2.05, 4.69) is 17.1 Å². The van der Waals surface area contributed by atoms with Crippen LogP contribution in [0.15, 0.2) is 18.2 Å². The molecule has 2 rings (SSSR count). The molecule has 1 aromatic rings. The Hall–Kier alpha value is -1.09. The number of benzene rings is 1. The first kappa shape index (κ1) is 13.3. The lowest BCUT2D eigenvalue weighted by molar-refractivity contribution is 0.416. The standard InChI is InChI=1S/C15H23FN2/c1-3-8-17-13-6-9-18(10-7-13)14-4-5-15(16)12(2)11-14/h4-5,11,13,17H,3,6-10H2,1-2H3. The van der Waals surface area contributed by atoms with Crippen molar-refractivity contribution in [3.05, 3.63) is 29.6 Å². The van der Waals surface area contributed by atoms with E-state index < -0.39 is 0 Å². The Kier molecular flexibility index (Phi) is 4.59. The van der Waals surface area contributed by atoms with E-state index in [0.717, 1.165) is 30.9 Å². The number of hydrogen-bond acceptors (Lipinski definition) is 2. The monoisotopic (exact) mass is 250 g/mol. The molecule has 1 aliphatic heterocycles. The summed E-state index contributed by atoms with van der Waals surface area (Å²) in [6.45, 7) is 7.26. The lowest BCUT2D eigenvalue weighted by atomic mass is 10.0. The van der Waals surface area contributed by atoms with Crippen LogP contribution >= 0.6 is 0 Å². The molecule has 1 fully saturated rings. The van der Waals surface area contributed by atoms with Crippen molar-refractivity contribution in [2.75, 3.05) is 24.5 Å². The second-order valence-corrected chi connectivity index (χ2v) is 5.15. The maximum Gasteiger partial charge on any atom is 0.126 e. The van der Waals surface area contributed by atoms with Crippen LogP contribution in [0, 0.1) is 12.7 Å². The molecule has 1 N–H and O–H groups in total. The molecule has 1 saturated heterocycles. The van der Waals surface area contributed by atoms with E-state index in [9.17, 15) is 4.39 Å². The molecule has 0 saturated carbocycles. The van der Waals surface area contributed by atoms with Gasteiger partial charge in [-0.1, -0.05) is 6.92 Å². The highest BCUT2D eigenvalue weighted by Crippen LogP contribution is 2.22. The van der Waals surface area contributed by atoms with E-state index in [-0.39, 0.29) is 5.82 Å². The quantitative estimate of drug-likeness (QED) is 0.883. The van der Waals surface area contributed by atoms with Gasteiger partial charge in [-0.2, -0.15) is 0 Å². The van der Waals surface area contributed by atoms with Crippen molar-refractivity contribution in [2.45, 2.75) is 39.2 Å². The first-order valence-electron chi connectivity index (χ1n) is 6.95. The zero-order valence-electron chi connectivity index (χ0n) is 11.4. The molecule has 1 aliphatic rings. The molecule has 1 aromatic carbocycles. The predicted octanol–water partition coefficient (Wildman–Crippen LogP) is 3.10. The first-order chi connectivity index (χ1) is 8.70. The highest BCUT2D eigenvalue weighted by molar-refractivity contribution is 5.49. The van der Waals surface area contributed by atoms with Gasteiger partial charge < -0.3 is 10.2 Å². The van der Waals surface area contributed by atoms with E-state index in [1.165, 1.54) is 19.3 Å². The molecular weight excluding hydrogens is 227 g/mol. The number of halogens is 1. The summed E-state index contributed by atoms with van der Waals surface area (Å²) in [6.07, 6.45) is 3.55. The van der Waals surface area contributed by atoms with Gasteiger partial charge in [-0.3, -0.25) is 0 Å². The Labute approximate surface area is 109 Å². The van der Waals surface area contributed by atoms with Crippen LogP contribution in [0.2, 0.25) is 0 Å². The molecule has 0 spiro atoms. The van der Waals surface area contributed by atoms with Crippen molar-refractivity contribution in [1.29, 1.82) is 0 Å². The molecule has 0 aromatic heterocycles. The summed E-state index contributed by atoms with van der Waals surface area (Å²) in [5.74, 6) is -0.113. The van der Waals surface area contributed by atoms with Crippen LogP contribution in [0.4, 0.5) is 10.1 Å². The van der Waals surface area contributed by atoms with Crippen LogP contribution in [0.1, 0.15) is 31.7 Å². The third kappa shape index (κ3) is 3.22. The Morgan fingerprint density at radius 2 is 2.06 bits per heavy atom. The third-order valence-corrected chi connectivity index (χ3v) is 3.68. The lowest BCUT2D eigenvalue weighted by Gasteiger charge is -2.34. The smallest absolute Gasteiger partial charge is 0.126 e. The maximum absolute atomic E-state index is 13.2. The number of nitrogens with one attached hydrogen (secondary N) is 1. The van der Waals surface area contributed by atoms with Crippen molar-refractivity contribution >= 4 is 5.69 Å². The Bertz CT molecular complexity index is 384. The van der Waals surface area contributed by atoms with Crippen LogP contribution in [0.5, 0.6) is 0 Å². The second kappa shape index (κ2) is 6.19. The predicted molar refractivity (Wildman–Crippen MR) is 74.7 cm³/mol. The van der Waals surface area contributed by atoms with Crippen molar-refractivity contribution in [1.82, 2.24) is 5.32 Å². The van der Waals surface area contributed by atoms with Gasteiger partial charge >= 0.3 is 0 Å². The van der Waals surface area contributed by atoms with E-state index in [1.54, 1.807) is 6.07 Å². The zero-order chi connectivity index (χ0) is 13.0. The van der Waals surface area contributed by atoms with Gasteiger partial charge in [0.2, 0.25) is 0 Å². The summed E-state index contributed by atoms with van der Waals surface area (Å²) in [7, 11) is 0. The van der Waals surface area contributed by atoms with E-state index in [1.807, 2.05) is 19.1 Å². The highest BCUT2D eigenvalue weighted by atomic mass is 19.1. The molecule has 0 radical (unpaired) electrons. The van der Waals surface area contributed by atoms with Crippen LogP contribution in [-0.4, -0.2) is 25.7 Å². The first-order valence-corrected chi connectivity index (χ1v) is 6.95. The molecule has 18 heavy (non-hydrogen) atoms. The third-order valence-electron chi connectivity index (χ3n) is 3.68. The van der Waals surface area contributed by atoms with E-state index in [4.69, 9.17) is 0 Å². The summed E-state index contributed by atoms with van der Waals surface area (Å²) in [6, 6.07) is 6.08. The second-order valence-electron chi connectivity index (χ2n) is 5.15. The number of rotatable bonds is 4. The van der Waals surface area contributed by atoms with E-state index in [0.29, 0.717) is 6.04 Å². The van der Waals surface area contributed by atoms with Gasteiger partial charge in [0.25, 0.3) is 0 Å². The average molecular weight is 250 g/mol. The average Bonchev–Trinajstić information content (AvgIpc) is 2.40. The van der Waals surface area contributed by atoms with Crippen molar-refractivity contribution in [2.24, 2.45) is 0 Å². The molecule has 0 aliphatic carbocycles. The fourth-order valence-corrected chi connectivity index (χ4v) is 2.52. The normalized spacial score (nSPS) is 17.2. The number of aryl methyl sites for hydroxylation is 1. The van der Waals surface area contributed by atoms with Gasteiger partial charge in [-0.15, -0.1) is 0 Å². The molecular formula is C15H23FN2. The van der Waals surface area contributed by atoms with Gasteiger partial charge in [0.1, 0.15) is 5.82 Å².